The van der Waals surface area contributed by atoms with Gasteiger partial charge in [0.05, 0.1) is 0 Å². The quantitative estimate of drug-likeness (QED) is 0.819. The van der Waals surface area contributed by atoms with E-state index in [1.54, 1.807) is 0 Å². The van der Waals surface area contributed by atoms with Crippen molar-refractivity contribution in [3.63, 3.8) is 0 Å². The zero-order chi connectivity index (χ0) is 14.4. The first-order valence-electron chi connectivity index (χ1n) is 7.14. The minimum Gasteiger partial charge on any atom is -0.393 e. The summed E-state index contributed by atoms with van der Waals surface area (Å²) in [5.41, 5.74) is 5.23. The van der Waals surface area contributed by atoms with Gasteiger partial charge in [-0.3, -0.25) is 13.9 Å². The van der Waals surface area contributed by atoms with Crippen LogP contribution in [0.5, 0.6) is 0 Å². The van der Waals surface area contributed by atoms with Crippen LogP contribution in [0.4, 0.5) is 5.69 Å². The van der Waals surface area contributed by atoms with E-state index in [9.17, 15) is 9.59 Å². The van der Waals surface area contributed by atoms with Crippen LogP contribution in [-0.4, -0.2) is 9.13 Å². The van der Waals surface area contributed by atoms with Gasteiger partial charge in [-0.1, -0.05) is 33.1 Å². The lowest BCUT2D eigenvalue weighted by Crippen LogP contribution is -2.41. The maximum absolute atomic E-state index is 12.2. The predicted molar refractivity (Wildman–Crippen MR) is 78.4 cm³/mol. The second-order valence-electron chi connectivity index (χ2n) is 4.99. The lowest BCUT2D eigenvalue weighted by atomic mass is 9.99. The number of aryl methyl sites for hydroxylation is 1. The summed E-state index contributed by atoms with van der Waals surface area (Å²) < 4.78 is 2.78. The first-order valence-corrected chi connectivity index (χ1v) is 7.14. The van der Waals surface area contributed by atoms with Crippen molar-refractivity contribution in [1.29, 1.82) is 0 Å². The average Bonchev–Trinajstić information content (AvgIpc) is 2.42. The molecule has 0 radical (unpaired) electrons. The molecule has 1 heterocycles. The van der Waals surface area contributed by atoms with Crippen LogP contribution in [-0.2, 0) is 13.1 Å². The molecule has 0 saturated carbocycles. The summed E-state index contributed by atoms with van der Waals surface area (Å²) in [6, 6.07) is 0. The fourth-order valence-corrected chi connectivity index (χ4v) is 2.24. The van der Waals surface area contributed by atoms with Gasteiger partial charge in [0.25, 0.3) is 5.56 Å². The Balaban J connectivity index is 3.08. The van der Waals surface area contributed by atoms with Gasteiger partial charge in [0.15, 0.2) is 0 Å². The molecular formula is C14H25N3O2. The molecule has 5 heteroatoms. The Hall–Kier alpha value is -1.52. The Morgan fingerprint density at radius 2 is 1.95 bits per heavy atom. The van der Waals surface area contributed by atoms with Crippen molar-refractivity contribution in [2.24, 2.45) is 5.92 Å². The van der Waals surface area contributed by atoms with Gasteiger partial charge in [-0.2, -0.15) is 0 Å². The Labute approximate surface area is 114 Å². The monoisotopic (exact) mass is 267 g/mol. The Kier molecular flexibility index (Phi) is 5.86. The van der Waals surface area contributed by atoms with Crippen LogP contribution in [0.3, 0.4) is 0 Å². The van der Waals surface area contributed by atoms with E-state index in [0.717, 1.165) is 25.7 Å². The molecule has 0 fully saturated rings. The van der Waals surface area contributed by atoms with Crippen LogP contribution < -0.4 is 17.0 Å². The SMILES string of the molecule is CCCCC(CC)Cn1c(=O)c(N)cn(CC)c1=O. The third kappa shape index (κ3) is 3.72. The highest BCUT2D eigenvalue weighted by Gasteiger charge is 2.13. The molecule has 19 heavy (non-hydrogen) atoms. The van der Waals surface area contributed by atoms with Gasteiger partial charge in [-0.05, 0) is 19.3 Å². The molecule has 0 saturated heterocycles. The second kappa shape index (κ2) is 7.16. The van der Waals surface area contributed by atoms with Crippen LogP contribution in [0.15, 0.2) is 15.8 Å². The third-order valence-electron chi connectivity index (χ3n) is 3.59. The molecule has 0 aliphatic heterocycles. The fourth-order valence-electron chi connectivity index (χ4n) is 2.24. The van der Waals surface area contributed by atoms with Gasteiger partial charge < -0.3 is 5.73 Å². The van der Waals surface area contributed by atoms with E-state index in [2.05, 4.69) is 13.8 Å². The lowest BCUT2D eigenvalue weighted by molar-refractivity contribution is 0.372. The summed E-state index contributed by atoms with van der Waals surface area (Å²) in [4.78, 5) is 24.2. The first-order chi connectivity index (χ1) is 9.04. The molecule has 0 amide bonds. The van der Waals surface area contributed by atoms with Crippen molar-refractivity contribution in [3.05, 3.63) is 27.0 Å². The van der Waals surface area contributed by atoms with E-state index in [1.165, 1.54) is 15.3 Å². The van der Waals surface area contributed by atoms with E-state index >= 15 is 0 Å². The van der Waals surface area contributed by atoms with E-state index in [1.807, 2.05) is 6.92 Å². The molecule has 1 aromatic rings. The van der Waals surface area contributed by atoms with E-state index < -0.39 is 0 Å². The fraction of sp³-hybridized carbons (Fsp3) is 0.714. The summed E-state index contributed by atoms with van der Waals surface area (Å²) in [5, 5.41) is 0. The van der Waals surface area contributed by atoms with Crippen molar-refractivity contribution in [2.75, 3.05) is 5.73 Å². The van der Waals surface area contributed by atoms with Gasteiger partial charge in [-0.15, -0.1) is 0 Å². The highest BCUT2D eigenvalue weighted by molar-refractivity contribution is 5.30. The van der Waals surface area contributed by atoms with Crippen molar-refractivity contribution < 1.29 is 0 Å². The highest BCUT2D eigenvalue weighted by atomic mass is 16.2. The zero-order valence-corrected chi connectivity index (χ0v) is 12.2. The summed E-state index contributed by atoms with van der Waals surface area (Å²) in [5.74, 6) is 0.359. The van der Waals surface area contributed by atoms with Gasteiger partial charge in [0.1, 0.15) is 5.69 Å². The Morgan fingerprint density at radius 3 is 2.47 bits per heavy atom. The minimum atomic E-state index is -0.357. The molecule has 5 nitrogen and oxygen atoms in total. The van der Waals surface area contributed by atoms with Crippen LogP contribution in [0.25, 0.3) is 0 Å². The molecule has 0 aromatic carbocycles. The van der Waals surface area contributed by atoms with Gasteiger partial charge in [0.2, 0.25) is 0 Å². The number of anilines is 1. The molecular weight excluding hydrogens is 242 g/mol. The van der Waals surface area contributed by atoms with Crippen LogP contribution >= 0.6 is 0 Å². The number of nitrogens with zero attached hydrogens (tertiary/aromatic N) is 2. The zero-order valence-electron chi connectivity index (χ0n) is 12.2. The van der Waals surface area contributed by atoms with Crippen LogP contribution in [0.1, 0.15) is 46.5 Å². The molecule has 1 aromatic heterocycles. The summed E-state index contributed by atoms with van der Waals surface area (Å²) >= 11 is 0. The van der Waals surface area contributed by atoms with Crippen molar-refractivity contribution in [2.45, 2.75) is 59.5 Å². The maximum atomic E-state index is 12.2. The predicted octanol–water partition coefficient (Wildman–Crippen LogP) is 1.83. The summed E-state index contributed by atoms with van der Waals surface area (Å²) in [7, 11) is 0. The molecule has 0 aliphatic carbocycles. The topological polar surface area (TPSA) is 70.0 Å². The van der Waals surface area contributed by atoms with Crippen molar-refractivity contribution in [1.82, 2.24) is 9.13 Å². The number of nitrogen functional groups attached to an aromatic ring is 1. The standard InChI is InChI=1S/C14H25N3O2/c1-4-7-8-11(5-2)9-17-13(18)12(15)10-16(6-3)14(17)19/h10-11H,4-9,15H2,1-3H3. The van der Waals surface area contributed by atoms with Crippen molar-refractivity contribution >= 4 is 5.69 Å². The molecule has 1 atom stereocenters. The van der Waals surface area contributed by atoms with Gasteiger partial charge >= 0.3 is 5.69 Å². The molecule has 1 unspecified atom stereocenters. The average molecular weight is 267 g/mol. The van der Waals surface area contributed by atoms with Crippen LogP contribution in [0.2, 0.25) is 0 Å². The summed E-state index contributed by atoms with van der Waals surface area (Å²) in [6.07, 6.45) is 5.69. The minimum absolute atomic E-state index is 0.145. The number of aromatic nitrogens is 2. The smallest absolute Gasteiger partial charge is 0.331 e. The van der Waals surface area contributed by atoms with Crippen molar-refractivity contribution in [3.8, 4) is 0 Å². The number of hydrogen-bond donors (Lipinski definition) is 1. The number of hydrogen-bond acceptors (Lipinski definition) is 3. The largest absolute Gasteiger partial charge is 0.393 e. The van der Waals surface area contributed by atoms with Gasteiger partial charge in [0, 0.05) is 19.3 Å². The Morgan fingerprint density at radius 1 is 1.26 bits per heavy atom. The molecule has 0 aliphatic rings. The first kappa shape index (κ1) is 15.5. The lowest BCUT2D eigenvalue weighted by Gasteiger charge is -2.17. The van der Waals surface area contributed by atoms with Crippen LogP contribution in [0, 0.1) is 5.92 Å². The van der Waals surface area contributed by atoms with E-state index in [0.29, 0.717) is 19.0 Å². The normalized spacial score (nSPS) is 12.6. The molecule has 0 bridgehead atoms. The molecule has 2 N–H and O–H groups in total. The molecule has 0 spiro atoms. The maximum Gasteiger partial charge on any atom is 0.331 e. The van der Waals surface area contributed by atoms with E-state index in [4.69, 9.17) is 5.73 Å². The third-order valence-corrected chi connectivity index (χ3v) is 3.59. The number of unbranched alkanes of at least 4 members (excludes halogenated alkanes) is 1. The number of rotatable bonds is 7. The number of nitrogens with two attached hydrogens (primary N) is 1. The second-order valence-corrected chi connectivity index (χ2v) is 4.99. The highest BCUT2D eigenvalue weighted by Crippen LogP contribution is 2.13. The molecule has 1 rings (SSSR count). The summed E-state index contributed by atoms with van der Waals surface area (Å²) in [6.45, 7) is 7.10. The Bertz CT molecular complexity index is 516. The molecule has 108 valence electrons. The van der Waals surface area contributed by atoms with Gasteiger partial charge in [-0.25, -0.2) is 4.79 Å². The van der Waals surface area contributed by atoms with E-state index in [-0.39, 0.29) is 16.9 Å².